The molecular formula is C6H5BBrClO2. The predicted molar refractivity (Wildman–Crippen MR) is 49.7 cm³/mol. The molecule has 0 atom stereocenters. The highest BCUT2D eigenvalue weighted by Crippen LogP contribution is 2.47. The van der Waals surface area contributed by atoms with Crippen molar-refractivity contribution in [1.29, 1.82) is 0 Å². The molecular weight excluding hydrogens is 230 g/mol. The van der Waals surface area contributed by atoms with Crippen LogP contribution in [0.15, 0.2) is 16.6 Å². The SMILES string of the molecule is Clc1cc2c(Br)cc1-2.OBO. The molecule has 0 fully saturated rings. The van der Waals surface area contributed by atoms with Crippen molar-refractivity contribution in [3.05, 3.63) is 21.6 Å². The maximum Gasteiger partial charge on any atom is 0.432 e. The number of halogens is 2. The van der Waals surface area contributed by atoms with E-state index in [1.54, 1.807) is 0 Å². The smallest absolute Gasteiger partial charge is 0.430 e. The average molecular weight is 235 g/mol. The zero-order valence-corrected chi connectivity index (χ0v) is 7.85. The van der Waals surface area contributed by atoms with Gasteiger partial charge >= 0.3 is 7.69 Å². The minimum absolute atomic E-state index is 0.750. The van der Waals surface area contributed by atoms with E-state index in [4.69, 9.17) is 21.6 Å². The maximum atomic E-state index is 7.12. The molecule has 0 saturated heterocycles. The van der Waals surface area contributed by atoms with Crippen molar-refractivity contribution in [1.82, 2.24) is 0 Å². The van der Waals surface area contributed by atoms with Gasteiger partial charge in [-0.1, -0.05) is 27.5 Å². The van der Waals surface area contributed by atoms with Crippen LogP contribution in [0.3, 0.4) is 0 Å². The largest absolute Gasteiger partial charge is 0.432 e. The summed E-state index contributed by atoms with van der Waals surface area (Å²) in [5.74, 6) is 0. The van der Waals surface area contributed by atoms with Gasteiger partial charge in [-0.05, 0) is 17.7 Å². The molecule has 2 N–H and O–H groups in total. The third kappa shape index (κ3) is 1.59. The molecule has 0 aromatic rings. The van der Waals surface area contributed by atoms with Crippen LogP contribution in [-0.2, 0) is 0 Å². The lowest BCUT2D eigenvalue weighted by molar-refractivity contribution is 0.448. The average Bonchev–Trinajstić information content (AvgIpc) is 1.97. The summed E-state index contributed by atoms with van der Waals surface area (Å²) in [4.78, 5) is 0. The molecule has 5 heteroatoms. The number of benzene rings is 1. The molecule has 2 aliphatic carbocycles. The monoisotopic (exact) mass is 234 g/mol. The summed E-state index contributed by atoms with van der Waals surface area (Å²) >= 11 is 8.99. The lowest BCUT2D eigenvalue weighted by Crippen LogP contribution is -1.93. The van der Waals surface area contributed by atoms with Crippen molar-refractivity contribution in [3.8, 4) is 11.1 Å². The zero-order chi connectivity index (χ0) is 8.43. The van der Waals surface area contributed by atoms with Crippen LogP contribution in [0.25, 0.3) is 11.1 Å². The third-order valence-electron chi connectivity index (χ3n) is 1.35. The summed E-state index contributed by atoms with van der Waals surface area (Å²) in [6.45, 7) is 0. The molecule has 0 aromatic carbocycles. The Balaban J connectivity index is 0.000000179. The minimum atomic E-state index is -0.750. The summed E-state index contributed by atoms with van der Waals surface area (Å²) in [7, 11) is -0.750. The highest BCUT2D eigenvalue weighted by Gasteiger charge is 2.19. The summed E-state index contributed by atoms with van der Waals surface area (Å²) in [5.41, 5.74) is 2.48. The molecule has 0 amide bonds. The van der Waals surface area contributed by atoms with Crippen molar-refractivity contribution in [3.63, 3.8) is 0 Å². The van der Waals surface area contributed by atoms with Gasteiger partial charge in [-0.2, -0.15) is 0 Å². The molecule has 58 valence electrons. The molecule has 0 spiro atoms. The lowest BCUT2D eigenvalue weighted by Gasteiger charge is -2.19. The van der Waals surface area contributed by atoms with Gasteiger partial charge in [-0.3, -0.25) is 0 Å². The highest BCUT2D eigenvalue weighted by molar-refractivity contribution is 9.10. The molecule has 0 unspecified atom stereocenters. The van der Waals surface area contributed by atoms with Crippen LogP contribution in [0, 0.1) is 0 Å². The normalized spacial score (nSPS) is 9.82. The number of hydrogen-bond donors (Lipinski definition) is 2. The lowest BCUT2D eigenvalue weighted by atomic mass is 9.94. The topological polar surface area (TPSA) is 40.5 Å². The molecule has 0 saturated carbocycles. The summed E-state index contributed by atoms with van der Waals surface area (Å²) in [5, 5.41) is 15.1. The number of rotatable bonds is 0. The Labute approximate surface area is 78.2 Å². The first-order valence-corrected chi connectivity index (χ1v) is 4.09. The van der Waals surface area contributed by atoms with E-state index in [0.717, 1.165) is 5.02 Å². The summed E-state index contributed by atoms with van der Waals surface area (Å²) in [6.07, 6.45) is 0. The Morgan fingerprint density at radius 3 is 1.91 bits per heavy atom. The van der Waals surface area contributed by atoms with Crippen LogP contribution in [0.1, 0.15) is 0 Å². The van der Waals surface area contributed by atoms with E-state index in [9.17, 15) is 0 Å². The maximum absolute atomic E-state index is 7.12. The van der Waals surface area contributed by atoms with Crippen molar-refractivity contribution in [2.75, 3.05) is 0 Å². The van der Waals surface area contributed by atoms with E-state index in [2.05, 4.69) is 15.9 Å². The van der Waals surface area contributed by atoms with Gasteiger partial charge in [0.1, 0.15) is 0 Å². The first kappa shape index (κ1) is 9.07. The van der Waals surface area contributed by atoms with Crippen LogP contribution >= 0.6 is 27.5 Å². The van der Waals surface area contributed by atoms with E-state index in [1.165, 1.54) is 15.6 Å². The van der Waals surface area contributed by atoms with E-state index in [-0.39, 0.29) is 0 Å². The molecule has 0 aliphatic heterocycles. The Kier molecular flexibility index (Phi) is 2.95. The quantitative estimate of drug-likeness (QED) is 0.676. The second kappa shape index (κ2) is 3.58. The highest BCUT2D eigenvalue weighted by atomic mass is 79.9. The Bertz CT molecular complexity index is 252. The molecule has 2 aliphatic rings. The third-order valence-corrected chi connectivity index (χ3v) is 2.32. The van der Waals surface area contributed by atoms with E-state index >= 15 is 0 Å². The first-order valence-electron chi connectivity index (χ1n) is 2.92. The molecule has 2 nitrogen and oxygen atoms in total. The Morgan fingerprint density at radius 1 is 1.27 bits per heavy atom. The minimum Gasteiger partial charge on any atom is -0.430 e. The van der Waals surface area contributed by atoms with Crippen LogP contribution in [-0.4, -0.2) is 17.7 Å². The van der Waals surface area contributed by atoms with Crippen molar-refractivity contribution in [2.24, 2.45) is 0 Å². The van der Waals surface area contributed by atoms with Crippen molar-refractivity contribution < 1.29 is 10.0 Å². The van der Waals surface area contributed by atoms with Gasteiger partial charge in [0.25, 0.3) is 0 Å². The second-order valence-electron chi connectivity index (χ2n) is 1.95. The van der Waals surface area contributed by atoms with Crippen LogP contribution < -0.4 is 0 Å². The Hall–Kier alpha value is -0.0251. The molecule has 0 radical (unpaired) electrons. The standard InChI is InChI=1S/C6H2BrCl.BH3O2/c7-5-1-4-3(5)2-6(4)8;2-1-3/h1-2H;1-3H. The molecule has 0 bridgehead atoms. The van der Waals surface area contributed by atoms with Gasteiger partial charge in [-0.15, -0.1) is 0 Å². The zero-order valence-electron chi connectivity index (χ0n) is 5.51. The van der Waals surface area contributed by atoms with E-state index < -0.39 is 7.69 Å². The summed E-state index contributed by atoms with van der Waals surface area (Å²) < 4.78 is 1.18. The number of fused-ring (bicyclic) bond motifs is 1. The fraction of sp³-hybridized carbons (Fsp3) is 0. The Morgan fingerprint density at radius 2 is 1.82 bits per heavy atom. The first-order chi connectivity index (χ1) is 5.20. The molecule has 0 aromatic heterocycles. The second-order valence-corrected chi connectivity index (χ2v) is 3.21. The van der Waals surface area contributed by atoms with Crippen molar-refractivity contribution in [2.45, 2.75) is 0 Å². The van der Waals surface area contributed by atoms with Gasteiger partial charge < -0.3 is 10.0 Å². The molecule has 11 heavy (non-hydrogen) atoms. The summed E-state index contributed by atoms with van der Waals surface area (Å²) in [6, 6.07) is 3.98. The van der Waals surface area contributed by atoms with Gasteiger partial charge in [0, 0.05) is 15.1 Å². The van der Waals surface area contributed by atoms with Crippen LogP contribution in [0.4, 0.5) is 0 Å². The molecule has 0 heterocycles. The molecule has 2 rings (SSSR count). The van der Waals surface area contributed by atoms with Gasteiger partial charge in [0.15, 0.2) is 0 Å². The van der Waals surface area contributed by atoms with Crippen LogP contribution in [0.5, 0.6) is 0 Å². The van der Waals surface area contributed by atoms with E-state index in [1.807, 2.05) is 12.1 Å². The van der Waals surface area contributed by atoms with Crippen molar-refractivity contribution >= 4 is 35.2 Å². The fourth-order valence-electron chi connectivity index (χ4n) is 0.804. The van der Waals surface area contributed by atoms with E-state index in [0.29, 0.717) is 0 Å². The fourth-order valence-corrected chi connectivity index (χ4v) is 1.63. The van der Waals surface area contributed by atoms with Gasteiger partial charge in [0.2, 0.25) is 0 Å². The predicted octanol–water partition coefficient (Wildman–Crippen LogP) is 1.32. The van der Waals surface area contributed by atoms with Gasteiger partial charge in [-0.25, -0.2) is 0 Å². The van der Waals surface area contributed by atoms with Gasteiger partial charge in [0.05, 0.1) is 0 Å². The van der Waals surface area contributed by atoms with Crippen LogP contribution in [0.2, 0.25) is 5.02 Å². The number of hydrogen-bond acceptors (Lipinski definition) is 2.